The highest BCUT2D eigenvalue weighted by Gasteiger charge is 2.07. The maximum absolute atomic E-state index is 9.15. The Labute approximate surface area is 106 Å². The van der Waals surface area contributed by atoms with Crippen LogP contribution in [0.1, 0.15) is 16.7 Å². The molecule has 0 radical (unpaired) electrons. The molecule has 0 saturated heterocycles. The summed E-state index contributed by atoms with van der Waals surface area (Å²) < 4.78 is 0. The molecule has 2 aromatic rings. The third-order valence-corrected chi connectivity index (χ3v) is 2.69. The zero-order valence-corrected chi connectivity index (χ0v) is 10.4. The standard InChI is InChI=1S/C14H14N4/c1-9-6-12(16)14(17-8-9)18-13-5-3-4-10(2)11(13)7-15/h3-6,8H,16H2,1-2H3,(H,17,18). The Bertz CT molecular complexity index is 626. The zero-order valence-electron chi connectivity index (χ0n) is 10.4. The molecule has 1 aromatic carbocycles. The molecule has 90 valence electrons. The van der Waals surface area contributed by atoms with Crippen molar-refractivity contribution in [2.24, 2.45) is 0 Å². The van der Waals surface area contributed by atoms with Crippen molar-refractivity contribution in [3.05, 3.63) is 47.2 Å². The minimum Gasteiger partial charge on any atom is -0.396 e. The van der Waals surface area contributed by atoms with Crippen molar-refractivity contribution >= 4 is 17.2 Å². The Morgan fingerprint density at radius 3 is 2.78 bits per heavy atom. The summed E-state index contributed by atoms with van der Waals surface area (Å²) in [5, 5.41) is 12.3. The van der Waals surface area contributed by atoms with E-state index < -0.39 is 0 Å². The van der Waals surface area contributed by atoms with Gasteiger partial charge < -0.3 is 11.1 Å². The maximum atomic E-state index is 9.15. The lowest BCUT2D eigenvalue weighted by molar-refractivity contribution is 1.26. The zero-order chi connectivity index (χ0) is 13.1. The first-order valence-electron chi connectivity index (χ1n) is 5.60. The minimum atomic E-state index is 0.570. The number of pyridine rings is 1. The summed E-state index contributed by atoms with van der Waals surface area (Å²) in [5.74, 6) is 0.572. The summed E-state index contributed by atoms with van der Waals surface area (Å²) in [4.78, 5) is 4.23. The number of anilines is 3. The van der Waals surface area contributed by atoms with E-state index in [1.165, 1.54) is 0 Å². The van der Waals surface area contributed by atoms with Crippen molar-refractivity contribution in [2.45, 2.75) is 13.8 Å². The van der Waals surface area contributed by atoms with Crippen molar-refractivity contribution in [1.29, 1.82) is 5.26 Å². The first kappa shape index (κ1) is 11.9. The number of hydrogen-bond acceptors (Lipinski definition) is 4. The Morgan fingerprint density at radius 1 is 1.33 bits per heavy atom. The lowest BCUT2D eigenvalue weighted by Gasteiger charge is -2.11. The van der Waals surface area contributed by atoms with E-state index in [1.807, 2.05) is 38.1 Å². The van der Waals surface area contributed by atoms with Gasteiger partial charge >= 0.3 is 0 Å². The lowest BCUT2D eigenvalue weighted by Crippen LogP contribution is -2.01. The SMILES string of the molecule is Cc1cnc(Nc2cccc(C)c2C#N)c(N)c1. The van der Waals surface area contributed by atoms with E-state index >= 15 is 0 Å². The van der Waals surface area contributed by atoms with Gasteiger partial charge in [-0.15, -0.1) is 0 Å². The van der Waals surface area contributed by atoms with E-state index in [0.717, 1.165) is 16.8 Å². The molecular formula is C14H14N4. The fourth-order valence-electron chi connectivity index (χ4n) is 1.74. The molecule has 4 heteroatoms. The van der Waals surface area contributed by atoms with Crippen molar-refractivity contribution in [3.8, 4) is 6.07 Å². The number of hydrogen-bond donors (Lipinski definition) is 2. The molecule has 0 saturated carbocycles. The fraction of sp³-hybridized carbons (Fsp3) is 0.143. The van der Waals surface area contributed by atoms with Gasteiger partial charge in [0, 0.05) is 6.20 Å². The maximum Gasteiger partial charge on any atom is 0.153 e. The van der Waals surface area contributed by atoms with Crippen LogP contribution in [-0.2, 0) is 0 Å². The lowest BCUT2D eigenvalue weighted by atomic mass is 10.1. The van der Waals surface area contributed by atoms with Gasteiger partial charge in [0.15, 0.2) is 5.82 Å². The molecule has 3 N–H and O–H groups in total. The van der Waals surface area contributed by atoms with E-state index in [1.54, 1.807) is 6.20 Å². The molecule has 0 bridgehead atoms. The van der Waals surface area contributed by atoms with Gasteiger partial charge in [0.1, 0.15) is 6.07 Å². The van der Waals surface area contributed by atoms with Crippen LogP contribution >= 0.6 is 0 Å². The molecular weight excluding hydrogens is 224 g/mol. The van der Waals surface area contributed by atoms with Crippen LogP contribution in [-0.4, -0.2) is 4.98 Å². The van der Waals surface area contributed by atoms with Gasteiger partial charge in [0.25, 0.3) is 0 Å². The average Bonchev–Trinajstić information content (AvgIpc) is 2.33. The molecule has 0 unspecified atom stereocenters. The highest BCUT2D eigenvalue weighted by molar-refractivity contribution is 5.73. The third kappa shape index (κ3) is 2.25. The monoisotopic (exact) mass is 238 g/mol. The molecule has 18 heavy (non-hydrogen) atoms. The highest BCUT2D eigenvalue weighted by Crippen LogP contribution is 2.25. The van der Waals surface area contributed by atoms with E-state index in [2.05, 4.69) is 16.4 Å². The van der Waals surface area contributed by atoms with Gasteiger partial charge in [-0.1, -0.05) is 12.1 Å². The van der Waals surface area contributed by atoms with E-state index in [9.17, 15) is 0 Å². The first-order chi connectivity index (χ1) is 8.61. The number of benzene rings is 1. The quantitative estimate of drug-likeness (QED) is 0.843. The largest absolute Gasteiger partial charge is 0.396 e. The van der Waals surface area contributed by atoms with Crippen LogP contribution in [0.5, 0.6) is 0 Å². The number of nitrogens with two attached hydrogens (primary N) is 1. The summed E-state index contributed by atoms with van der Waals surface area (Å²) in [6, 6.07) is 9.66. The average molecular weight is 238 g/mol. The summed E-state index contributed by atoms with van der Waals surface area (Å²) in [6.07, 6.45) is 1.74. The Hall–Kier alpha value is -2.54. The minimum absolute atomic E-state index is 0.570. The molecule has 4 nitrogen and oxygen atoms in total. The Morgan fingerprint density at radius 2 is 2.11 bits per heavy atom. The van der Waals surface area contributed by atoms with Gasteiger partial charge in [-0.3, -0.25) is 0 Å². The summed E-state index contributed by atoms with van der Waals surface area (Å²) in [5.41, 5.74) is 9.72. The topological polar surface area (TPSA) is 74.7 Å². The van der Waals surface area contributed by atoms with Gasteiger partial charge in [-0.2, -0.15) is 5.26 Å². The first-order valence-corrected chi connectivity index (χ1v) is 5.60. The van der Waals surface area contributed by atoms with Crippen LogP contribution in [0.25, 0.3) is 0 Å². The molecule has 0 aliphatic rings. The number of nitriles is 1. The molecule has 0 aliphatic carbocycles. The number of aromatic nitrogens is 1. The van der Waals surface area contributed by atoms with Crippen LogP contribution in [0.2, 0.25) is 0 Å². The van der Waals surface area contributed by atoms with Crippen LogP contribution in [0.15, 0.2) is 30.5 Å². The number of nitrogens with one attached hydrogen (secondary N) is 1. The van der Waals surface area contributed by atoms with Crippen molar-refractivity contribution in [3.63, 3.8) is 0 Å². The predicted octanol–water partition coefficient (Wildman–Crippen LogP) is 2.90. The summed E-state index contributed by atoms with van der Waals surface area (Å²) >= 11 is 0. The van der Waals surface area contributed by atoms with Gasteiger partial charge in [0.05, 0.1) is 16.9 Å². The van der Waals surface area contributed by atoms with Gasteiger partial charge in [0.2, 0.25) is 0 Å². The number of nitrogens with zero attached hydrogens (tertiary/aromatic N) is 2. The molecule has 0 amide bonds. The summed E-state index contributed by atoms with van der Waals surface area (Å²) in [6.45, 7) is 3.83. The Balaban J connectivity index is 2.41. The van der Waals surface area contributed by atoms with Gasteiger partial charge in [-0.05, 0) is 37.1 Å². The number of rotatable bonds is 2. The molecule has 0 atom stereocenters. The van der Waals surface area contributed by atoms with Crippen molar-refractivity contribution < 1.29 is 0 Å². The number of aryl methyl sites for hydroxylation is 2. The Kier molecular flexibility index (Phi) is 3.16. The predicted molar refractivity (Wildman–Crippen MR) is 72.6 cm³/mol. The molecule has 0 fully saturated rings. The highest BCUT2D eigenvalue weighted by atomic mass is 15.0. The third-order valence-electron chi connectivity index (χ3n) is 2.69. The van der Waals surface area contributed by atoms with Crippen LogP contribution in [0.4, 0.5) is 17.2 Å². The van der Waals surface area contributed by atoms with E-state index in [4.69, 9.17) is 11.0 Å². The second-order valence-corrected chi connectivity index (χ2v) is 4.18. The number of nitrogen functional groups attached to an aromatic ring is 1. The molecule has 1 heterocycles. The molecule has 0 spiro atoms. The normalized spacial score (nSPS) is 9.83. The van der Waals surface area contributed by atoms with E-state index in [-0.39, 0.29) is 0 Å². The fourth-order valence-corrected chi connectivity index (χ4v) is 1.74. The molecule has 1 aromatic heterocycles. The van der Waals surface area contributed by atoms with Gasteiger partial charge in [-0.25, -0.2) is 4.98 Å². The van der Waals surface area contributed by atoms with Crippen LogP contribution in [0, 0.1) is 25.2 Å². The smallest absolute Gasteiger partial charge is 0.153 e. The second-order valence-electron chi connectivity index (χ2n) is 4.18. The second kappa shape index (κ2) is 4.76. The molecule has 2 rings (SSSR count). The van der Waals surface area contributed by atoms with Crippen molar-refractivity contribution in [1.82, 2.24) is 4.98 Å². The summed E-state index contributed by atoms with van der Waals surface area (Å²) in [7, 11) is 0. The van der Waals surface area contributed by atoms with E-state index in [0.29, 0.717) is 17.1 Å². The molecule has 0 aliphatic heterocycles. The van der Waals surface area contributed by atoms with Crippen LogP contribution in [0.3, 0.4) is 0 Å². The van der Waals surface area contributed by atoms with Crippen molar-refractivity contribution in [2.75, 3.05) is 11.1 Å². The van der Waals surface area contributed by atoms with Crippen LogP contribution < -0.4 is 11.1 Å².